The first-order chi connectivity index (χ1) is 16.9. The minimum Gasteiger partial charge on any atom is -0.437 e. The first kappa shape index (κ1) is 22.6. The summed E-state index contributed by atoms with van der Waals surface area (Å²) >= 11 is 0. The summed E-state index contributed by atoms with van der Waals surface area (Å²) in [7, 11) is -2.95. The molecule has 0 saturated carbocycles. The molecular weight excluding hydrogens is 466 g/mol. The van der Waals surface area contributed by atoms with Crippen molar-refractivity contribution in [2.75, 3.05) is 34.8 Å². The minimum absolute atomic E-state index is 0.162. The number of carbonyl (C=O) groups is 1. The number of hydrogen-bond donors (Lipinski definition) is 2. The Hall–Kier alpha value is -4.18. The summed E-state index contributed by atoms with van der Waals surface area (Å²) in [5.41, 5.74) is 4.60. The number of carbonyl (C=O) groups excluding carboxylic acids is 1. The van der Waals surface area contributed by atoms with Crippen molar-refractivity contribution < 1.29 is 17.9 Å². The highest BCUT2D eigenvalue weighted by Crippen LogP contribution is 2.32. The van der Waals surface area contributed by atoms with Crippen LogP contribution < -0.4 is 15.0 Å². The molecule has 35 heavy (non-hydrogen) atoms. The Bertz CT molecular complexity index is 1520. The number of amides is 1. The molecule has 1 aliphatic heterocycles. The number of aromatic amines is 1. The van der Waals surface area contributed by atoms with E-state index in [1.54, 1.807) is 24.3 Å². The van der Waals surface area contributed by atoms with Gasteiger partial charge in [0.1, 0.15) is 11.3 Å². The van der Waals surface area contributed by atoms with Gasteiger partial charge in [-0.15, -0.1) is 0 Å². The van der Waals surface area contributed by atoms with Gasteiger partial charge in [0.25, 0.3) is 0 Å². The van der Waals surface area contributed by atoms with Gasteiger partial charge in [-0.05, 0) is 35.9 Å². The highest BCUT2D eigenvalue weighted by molar-refractivity contribution is 7.91. The van der Waals surface area contributed by atoms with Gasteiger partial charge >= 0.3 is 0 Å². The molecule has 1 aliphatic rings. The van der Waals surface area contributed by atoms with Gasteiger partial charge < -0.3 is 19.9 Å². The number of nitrogens with zero attached hydrogens (tertiary/aromatic N) is 3. The number of nitrogens with one attached hydrogen (secondary N) is 2. The van der Waals surface area contributed by atoms with Crippen LogP contribution in [0.5, 0.6) is 11.6 Å². The standard InChI is InChI=1S/C25H23N5O4S/c1-2-22(31)28-18-6-4-8-20(14-18)34-23-16-27-25-24(29-23)21(15-26-25)17-5-3-7-19(13-17)30-9-11-35(32,33)12-10-30/h2-8,13-16H,1,9-12H2,(H,26,27)(H,28,31). The number of H-pyrrole nitrogens is 1. The molecule has 2 N–H and O–H groups in total. The average Bonchev–Trinajstić information content (AvgIpc) is 3.27. The van der Waals surface area contributed by atoms with E-state index in [1.165, 1.54) is 12.3 Å². The van der Waals surface area contributed by atoms with Crippen LogP contribution in [0.4, 0.5) is 11.4 Å². The molecule has 0 atom stereocenters. The lowest BCUT2D eigenvalue weighted by Crippen LogP contribution is -2.40. The Kier molecular flexibility index (Phi) is 5.96. The maximum absolute atomic E-state index is 11.8. The number of anilines is 2. The molecule has 0 aliphatic carbocycles. The molecule has 1 amide bonds. The summed E-state index contributed by atoms with van der Waals surface area (Å²) in [4.78, 5) is 25.9. The lowest BCUT2D eigenvalue weighted by molar-refractivity contribution is -0.111. The second-order valence-corrected chi connectivity index (χ2v) is 10.4. The minimum atomic E-state index is -2.95. The maximum Gasteiger partial charge on any atom is 0.247 e. The molecule has 2 aromatic carbocycles. The molecule has 3 heterocycles. The molecule has 0 radical (unpaired) electrons. The molecule has 0 unspecified atom stereocenters. The van der Waals surface area contributed by atoms with Crippen LogP contribution in [0.25, 0.3) is 22.3 Å². The summed E-state index contributed by atoms with van der Waals surface area (Å²) in [6.07, 6.45) is 4.57. The lowest BCUT2D eigenvalue weighted by atomic mass is 10.1. The third-order valence-corrected chi connectivity index (χ3v) is 7.34. The number of sulfone groups is 1. The number of benzene rings is 2. The van der Waals surface area contributed by atoms with Gasteiger partial charge in [0, 0.05) is 42.3 Å². The van der Waals surface area contributed by atoms with Gasteiger partial charge in [0.2, 0.25) is 11.8 Å². The first-order valence-corrected chi connectivity index (χ1v) is 12.8. The van der Waals surface area contributed by atoms with Crippen molar-refractivity contribution in [2.45, 2.75) is 0 Å². The smallest absolute Gasteiger partial charge is 0.247 e. The Balaban J connectivity index is 1.41. The van der Waals surface area contributed by atoms with Crippen molar-refractivity contribution in [3.63, 3.8) is 0 Å². The van der Waals surface area contributed by atoms with Gasteiger partial charge in [-0.1, -0.05) is 24.8 Å². The molecule has 9 nitrogen and oxygen atoms in total. The van der Waals surface area contributed by atoms with Crippen molar-refractivity contribution in [1.82, 2.24) is 15.0 Å². The summed E-state index contributed by atoms with van der Waals surface area (Å²) in [5.74, 6) is 0.820. The topological polar surface area (TPSA) is 117 Å². The highest BCUT2D eigenvalue weighted by Gasteiger charge is 2.22. The third-order valence-electron chi connectivity index (χ3n) is 5.73. The lowest BCUT2D eigenvalue weighted by Gasteiger charge is -2.29. The molecular formula is C25H23N5O4S. The predicted octanol–water partition coefficient (Wildman–Crippen LogP) is 3.78. The van der Waals surface area contributed by atoms with Gasteiger partial charge in [0.05, 0.1) is 17.7 Å². The van der Waals surface area contributed by atoms with E-state index in [4.69, 9.17) is 4.74 Å². The summed E-state index contributed by atoms with van der Waals surface area (Å²) < 4.78 is 29.5. The van der Waals surface area contributed by atoms with Crippen molar-refractivity contribution in [2.24, 2.45) is 0 Å². The summed E-state index contributed by atoms with van der Waals surface area (Å²) in [6, 6.07) is 14.9. The summed E-state index contributed by atoms with van der Waals surface area (Å²) in [5, 5.41) is 2.70. The van der Waals surface area contributed by atoms with Crippen molar-refractivity contribution in [3.05, 3.63) is 73.6 Å². The number of rotatable bonds is 6. The van der Waals surface area contributed by atoms with E-state index in [2.05, 4.69) is 31.7 Å². The molecule has 5 rings (SSSR count). The zero-order valence-electron chi connectivity index (χ0n) is 18.8. The molecule has 178 valence electrons. The first-order valence-electron chi connectivity index (χ1n) is 11.0. The van der Waals surface area contributed by atoms with E-state index in [1.807, 2.05) is 30.5 Å². The third kappa shape index (κ3) is 5.02. The van der Waals surface area contributed by atoms with E-state index in [-0.39, 0.29) is 17.4 Å². The van der Waals surface area contributed by atoms with Crippen LogP contribution in [0, 0.1) is 0 Å². The fourth-order valence-electron chi connectivity index (χ4n) is 3.94. The maximum atomic E-state index is 11.8. The van der Waals surface area contributed by atoms with Gasteiger partial charge in [-0.25, -0.2) is 18.4 Å². The fourth-order valence-corrected chi connectivity index (χ4v) is 5.14. The van der Waals surface area contributed by atoms with E-state index >= 15 is 0 Å². The number of fused-ring (bicyclic) bond motifs is 1. The molecule has 0 bridgehead atoms. The summed E-state index contributed by atoms with van der Waals surface area (Å²) in [6.45, 7) is 4.40. The molecule has 2 aromatic heterocycles. The molecule has 0 spiro atoms. The van der Waals surface area contributed by atoms with Crippen LogP contribution in [0.2, 0.25) is 0 Å². The monoisotopic (exact) mass is 489 g/mol. The highest BCUT2D eigenvalue weighted by atomic mass is 32.2. The van der Waals surface area contributed by atoms with Crippen LogP contribution in [-0.4, -0.2) is 53.9 Å². The second kappa shape index (κ2) is 9.22. The van der Waals surface area contributed by atoms with Crippen LogP contribution in [0.15, 0.2) is 73.6 Å². The zero-order valence-corrected chi connectivity index (χ0v) is 19.6. The van der Waals surface area contributed by atoms with E-state index in [0.717, 1.165) is 16.8 Å². The van der Waals surface area contributed by atoms with Gasteiger partial charge in [-0.3, -0.25) is 4.79 Å². The zero-order chi connectivity index (χ0) is 24.4. The van der Waals surface area contributed by atoms with Gasteiger partial charge in [0.15, 0.2) is 15.5 Å². The quantitative estimate of drug-likeness (QED) is 0.396. The molecule has 1 saturated heterocycles. The van der Waals surface area contributed by atoms with Gasteiger partial charge in [-0.2, -0.15) is 0 Å². The fraction of sp³-hybridized carbons (Fsp3) is 0.160. The van der Waals surface area contributed by atoms with Crippen molar-refractivity contribution in [3.8, 4) is 22.8 Å². The average molecular weight is 490 g/mol. The molecule has 4 aromatic rings. The Morgan fingerprint density at radius 2 is 1.94 bits per heavy atom. The number of ether oxygens (including phenoxy) is 1. The normalized spacial score (nSPS) is 15.0. The van der Waals surface area contributed by atoms with Crippen molar-refractivity contribution in [1.29, 1.82) is 0 Å². The molecule has 10 heteroatoms. The SMILES string of the molecule is C=CC(=O)Nc1cccc(Oc2cnc3[nH]cc(-c4cccc(N5CCS(=O)(=O)CC5)c4)c3n2)c1. The Morgan fingerprint density at radius 3 is 2.74 bits per heavy atom. The van der Waals surface area contributed by atoms with Crippen LogP contribution >= 0.6 is 0 Å². The second-order valence-electron chi connectivity index (χ2n) is 8.12. The van der Waals surface area contributed by atoms with Crippen LogP contribution in [0.1, 0.15) is 0 Å². The van der Waals surface area contributed by atoms with E-state index < -0.39 is 9.84 Å². The van der Waals surface area contributed by atoms with E-state index in [0.29, 0.717) is 41.6 Å². The van der Waals surface area contributed by atoms with E-state index in [9.17, 15) is 13.2 Å². The Labute approximate surface area is 202 Å². The largest absolute Gasteiger partial charge is 0.437 e. The number of hydrogen-bond acceptors (Lipinski definition) is 7. The van der Waals surface area contributed by atoms with Crippen LogP contribution in [-0.2, 0) is 14.6 Å². The van der Waals surface area contributed by atoms with Crippen molar-refractivity contribution >= 4 is 38.3 Å². The molecule has 1 fully saturated rings. The van der Waals surface area contributed by atoms with Crippen LogP contribution in [0.3, 0.4) is 0 Å². The predicted molar refractivity (Wildman–Crippen MR) is 136 cm³/mol. The number of aromatic nitrogens is 3. The Morgan fingerprint density at radius 1 is 1.14 bits per heavy atom.